The van der Waals surface area contributed by atoms with E-state index in [0.717, 1.165) is 11.3 Å². The zero-order chi connectivity index (χ0) is 20.4. The molecule has 0 bridgehead atoms. The predicted octanol–water partition coefficient (Wildman–Crippen LogP) is 3.29. The van der Waals surface area contributed by atoms with Gasteiger partial charge in [-0.2, -0.15) is 0 Å². The van der Waals surface area contributed by atoms with E-state index in [1.807, 2.05) is 31.2 Å². The van der Waals surface area contributed by atoms with Crippen LogP contribution in [-0.2, 0) is 19.1 Å². The zero-order valence-corrected chi connectivity index (χ0v) is 16.0. The summed E-state index contributed by atoms with van der Waals surface area (Å²) >= 11 is 0. The lowest BCUT2D eigenvalue weighted by molar-refractivity contribution is -0.147. The van der Waals surface area contributed by atoms with Gasteiger partial charge in [0.25, 0.3) is 5.91 Å². The van der Waals surface area contributed by atoms with E-state index in [2.05, 4.69) is 10.6 Å². The molecule has 28 heavy (non-hydrogen) atoms. The van der Waals surface area contributed by atoms with Gasteiger partial charge in [0.2, 0.25) is 5.91 Å². The molecule has 0 aliphatic rings. The minimum Gasteiger partial charge on any atom is -0.497 e. The number of hydrogen-bond donors (Lipinski definition) is 2. The molecule has 2 rings (SSSR count). The highest BCUT2D eigenvalue weighted by atomic mass is 16.5. The van der Waals surface area contributed by atoms with Gasteiger partial charge < -0.3 is 20.1 Å². The average Bonchev–Trinajstić information content (AvgIpc) is 2.69. The zero-order valence-electron chi connectivity index (χ0n) is 16.0. The molecule has 0 aliphatic heterocycles. The molecule has 2 aromatic carbocycles. The summed E-state index contributed by atoms with van der Waals surface area (Å²) in [5.74, 6) is -0.445. The Morgan fingerprint density at radius 3 is 2.29 bits per heavy atom. The van der Waals surface area contributed by atoms with Crippen molar-refractivity contribution in [2.24, 2.45) is 0 Å². The Bertz CT molecular complexity index is 818. The molecule has 0 heterocycles. The second-order valence-electron chi connectivity index (χ2n) is 6.15. The van der Waals surface area contributed by atoms with Crippen LogP contribution in [-0.4, -0.2) is 31.5 Å². The molecule has 0 unspecified atom stereocenters. The van der Waals surface area contributed by atoms with Gasteiger partial charge in [-0.25, -0.2) is 0 Å². The summed E-state index contributed by atoms with van der Waals surface area (Å²) < 4.78 is 9.97. The van der Waals surface area contributed by atoms with Crippen LogP contribution in [0.4, 0.5) is 11.4 Å². The van der Waals surface area contributed by atoms with E-state index in [-0.39, 0.29) is 25.4 Å². The maximum absolute atomic E-state index is 11.9. The summed E-state index contributed by atoms with van der Waals surface area (Å²) in [6.07, 6.45) is 0.606. The van der Waals surface area contributed by atoms with Crippen LogP contribution >= 0.6 is 0 Å². The third-order valence-electron chi connectivity index (χ3n) is 3.94. The van der Waals surface area contributed by atoms with Gasteiger partial charge in [-0.1, -0.05) is 18.2 Å². The molecule has 2 amide bonds. The maximum atomic E-state index is 11.9. The molecule has 0 spiro atoms. The number of hydrogen-bond acceptors (Lipinski definition) is 5. The Labute approximate surface area is 164 Å². The van der Waals surface area contributed by atoms with Gasteiger partial charge in [-0.05, 0) is 49.2 Å². The molecule has 0 saturated heterocycles. The molecule has 7 heteroatoms. The monoisotopic (exact) mass is 384 g/mol. The van der Waals surface area contributed by atoms with E-state index in [4.69, 9.17) is 9.47 Å². The fraction of sp³-hybridized carbons (Fsp3) is 0.286. The van der Waals surface area contributed by atoms with Crippen molar-refractivity contribution < 1.29 is 23.9 Å². The summed E-state index contributed by atoms with van der Waals surface area (Å²) in [6.45, 7) is 1.53. The quantitative estimate of drug-likeness (QED) is 0.647. The average molecular weight is 384 g/mol. The van der Waals surface area contributed by atoms with Crippen molar-refractivity contribution >= 4 is 29.2 Å². The van der Waals surface area contributed by atoms with E-state index >= 15 is 0 Å². The molecule has 148 valence electrons. The first-order chi connectivity index (χ1) is 13.5. The minimum atomic E-state index is -0.520. The number of para-hydroxylation sites is 1. The number of esters is 1. The van der Waals surface area contributed by atoms with Crippen molar-refractivity contribution in [3.8, 4) is 5.75 Å². The summed E-state index contributed by atoms with van der Waals surface area (Å²) in [6, 6.07) is 14.3. The number of aryl methyl sites for hydroxylation is 1. The van der Waals surface area contributed by atoms with Crippen LogP contribution in [0.15, 0.2) is 48.5 Å². The number of nitrogens with one attached hydrogen (secondary N) is 2. The summed E-state index contributed by atoms with van der Waals surface area (Å²) in [5.41, 5.74) is 2.30. The van der Waals surface area contributed by atoms with Crippen LogP contribution in [0, 0.1) is 6.92 Å². The lowest BCUT2D eigenvalue weighted by atomic mass is 10.2. The third-order valence-corrected chi connectivity index (χ3v) is 3.94. The number of anilines is 2. The summed E-state index contributed by atoms with van der Waals surface area (Å²) in [7, 11) is 1.55. The molecule has 0 aromatic heterocycles. The molecule has 0 radical (unpaired) electrons. The lowest BCUT2D eigenvalue weighted by Crippen LogP contribution is -2.21. The smallest absolute Gasteiger partial charge is 0.306 e. The molecule has 0 fully saturated rings. The van der Waals surface area contributed by atoms with Gasteiger partial charge in [-0.3, -0.25) is 14.4 Å². The van der Waals surface area contributed by atoms with E-state index < -0.39 is 11.9 Å². The van der Waals surface area contributed by atoms with Crippen molar-refractivity contribution in [2.45, 2.75) is 26.2 Å². The second-order valence-corrected chi connectivity index (χ2v) is 6.15. The van der Waals surface area contributed by atoms with Gasteiger partial charge in [0.1, 0.15) is 5.75 Å². The number of ether oxygens (including phenoxy) is 2. The van der Waals surface area contributed by atoms with Crippen molar-refractivity contribution in [1.82, 2.24) is 0 Å². The summed E-state index contributed by atoms with van der Waals surface area (Å²) in [4.78, 5) is 35.5. The largest absolute Gasteiger partial charge is 0.497 e. The fourth-order valence-corrected chi connectivity index (χ4v) is 2.41. The normalized spacial score (nSPS) is 10.1. The maximum Gasteiger partial charge on any atom is 0.306 e. The second kappa shape index (κ2) is 10.7. The van der Waals surface area contributed by atoms with Gasteiger partial charge in [0.05, 0.1) is 7.11 Å². The molecule has 2 N–H and O–H groups in total. The molecular weight excluding hydrogens is 360 g/mol. The highest BCUT2D eigenvalue weighted by molar-refractivity contribution is 5.93. The Balaban J connectivity index is 1.63. The van der Waals surface area contributed by atoms with Crippen molar-refractivity contribution in [3.05, 3.63) is 54.1 Å². The van der Waals surface area contributed by atoms with Crippen LogP contribution in [0.2, 0.25) is 0 Å². The number of rotatable bonds is 9. The van der Waals surface area contributed by atoms with Gasteiger partial charge in [-0.15, -0.1) is 0 Å². The number of benzene rings is 2. The van der Waals surface area contributed by atoms with E-state index in [1.54, 1.807) is 31.4 Å². The Kier molecular flexibility index (Phi) is 8.02. The molecule has 0 atom stereocenters. The first-order valence-corrected chi connectivity index (χ1v) is 8.93. The Hall–Kier alpha value is -3.35. The van der Waals surface area contributed by atoms with Crippen LogP contribution in [0.25, 0.3) is 0 Å². The van der Waals surface area contributed by atoms with Crippen LogP contribution in [0.1, 0.15) is 24.8 Å². The Morgan fingerprint density at radius 2 is 1.61 bits per heavy atom. The van der Waals surface area contributed by atoms with Crippen LogP contribution in [0.5, 0.6) is 5.75 Å². The van der Waals surface area contributed by atoms with E-state index in [0.29, 0.717) is 17.9 Å². The molecule has 0 saturated carbocycles. The third kappa shape index (κ3) is 7.11. The van der Waals surface area contributed by atoms with Gasteiger partial charge in [0, 0.05) is 24.2 Å². The lowest BCUT2D eigenvalue weighted by Gasteiger charge is -2.08. The van der Waals surface area contributed by atoms with Crippen molar-refractivity contribution in [3.63, 3.8) is 0 Å². The molecular formula is C21H24N2O5. The number of amides is 2. The Morgan fingerprint density at radius 1 is 0.893 bits per heavy atom. The van der Waals surface area contributed by atoms with Crippen molar-refractivity contribution in [2.75, 3.05) is 24.4 Å². The van der Waals surface area contributed by atoms with Gasteiger partial charge >= 0.3 is 5.97 Å². The molecule has 7 nitrogen and oxygen atoms in total. The standard InChI is InChI=1S/C21H24N2O5/c1-15-6-3-4-7-18(15)23-19(24)8-5-9-21(26)28-14-20(25)22-16-10-12-17(27-2)13-11-16/h3-4,6-7,10-13H,5,8-9,14H2,1-2H3,(H,22,25)(H,23,24). The van der Waals surface area contributed by atoms with Crippen LogP contribution in [0.3, 0.4) is 0 Å². The first kappa shape index (κ1) is 21.0. The van der Waals surface area contributed by atoms with Gasteiger partial charge in [0.15, 0.2) is 6.61 Å². The molecule has 2 aromatic rings. The number of carbonyl (C=O) groups excluding carboxylic acids is 3. The first-order valence-electron chi connectivity index (χ1n) is 8.93. The van der Waals surface area contributed by atoms with Crippen molar-refractivity contribution in [1.29, 1.82) is 0 Å². The highest BCUT2D eigenvalue weighted by Crippen LogP contribution is 2.15. The van der Waals surface area contributed by atoms with E-state index in [9.17, 15) is 14.4 Å². The minimum absolute atomic E-state index is 0.0665. The topological polar surface area (TPSA) is 93.7 Å². The predicted molar refractivity (Wildman–Crippen MR) is 106 cm³/mol. The number of carbonyl (C=O) groups is 3. The van der Waals surface area contributed by atoms with E-state index in [1.165, 1.54) is 0 Å². The molecule has 0 aliphatic carbocycles. The SMILES string of the molecule is COc1ccc(NC(=O)COC(=O)CCCC(=O)Nc2ccccc2C)cc1. The fourth-order valence-electron chi connectivity index (χ4n) is 2.41. The van der Waals surface area contributed by atoms with Crippen LogP contribution < -0.4 is 15.4 Å². The highest BCUT2D eigenvalue weighted by Gasteiger charge is 2.10. The summed E-state index contributed by atoms with van der Waals surface area (Å²) in [5, 5.41) is 5.43. The number of methoxy groups -OCH3 is 1.